The molecule has 0 spiro atoms. The minimum absolute atomic E-state index is 0.652. The number of pyridine rings is 1. The molecule has 2 heterocycles. The van der Waals surface area contributed by atoms with Crippen LogP contribution < -0.4 is 0 Å². The third-order valence-electron chi connectivity index (χ3n) is 3.46. The predicted molar refractivity (Wildman–Crippen MR) is 85.3 cm³/mol. The zero-order chi connectivity index (χ0) is 14.2. The number of hydrogen-bond acceptors (Lipinski definition) is 3. The van der Waals surface area contributed by atoms with E-state index in [1.54, 1.807) is 18.6 Å². The Hall–Kier alpha value is -2.52. The number of benzene rings is 2. The average Bonchev–Trinajstić information content (AvgIpc) is 2.53. The minimum Gasteiger partial charge on any atom is -0.256 e. The molecule has 4 heteroatoms. The first-order chi connectivity index (χ1) is 10.3. The summed E-state index contributed by atoms with van der Waals surface area (Å²) in [5, 5.41) is 1.76. The number of hydrogen-bond donors (Lipinski definition) is 0. The van der Waals surface area contributed by atoms with Gasteiger partial charge in [0, 0.05) is 34.6 Å². The van der Waals surface area contributed by atoms with Crippen molar-refractivity contribution < 1.29 is 0 Å². The van der Waals surface area contributed by atoms with Crippen molar-refractivity contribution in [1.82, 2.24) is 15.0 Å². The standard InChI is InChI=1S/C17H10ClN3/c18-13-9-14(17-16(10-13)20-6-7-21-17)12-4-3-11-2-1-5-19-15(11)8-12/h1-10H. The van der Waals surface area contributed by atoms with Crippen molar-refractivity contribution in [2.45, 2.75) is 0 Å². The second kappa shape index (κ2) is 4.79. The Morgan fingerprint density at radius 1 is 0.762 bits per heavy atom. The molecule has 4 aromatic rings. The number of aromatic nitrogens is 3. The SMILES string of the molecule is Clc1cc(-c2ccc3cccnc3c2)c2nccnc2c1. The second-order valence-electron chi connectivity index (χ2n) is 4.79. The van der Waals surface area contributed by atoms with Gasteiger partial charge in [-0.2, -0.15) is 0 Å². The van der Waals surface area contributed by atoms with Gasteiger partial charge in [-0.05, 0) is 29.8 Å². The molecule has 21 heavy (non-hydrogen) atoms. The fraction of sp³-hybridized carbons (Fsp3) is 0. The Bertz CT molecular complexity index is 966. The largest absolute Gasteiger partial charge is 0.256 e. The molecule has 0 aliphatic heterocycles. The number of rotatable bonds is 1. The average molecular weight is 292 g/mol. The van der Waals surface area contributed by atoms with Gasteiger partial charge in [-0.25, -0.2) is 0 Å². The Balaban J connectivity index is 2.03. The van der Waals surface area contributed by atoms with E-state index in [0.29, 0.717) is 5.02 Å². The van der Waals surface area contributed by atoms with Crippen LogP contribution in [0.4, 0.5) is 0 Å². The molecular formula is C17H10ClN3. The first-order valence-corrected chi connectivity index (χ1v) is 6.94. The first-order valence-electron chi connectivity index (χ1n) is 6.57. The highest BCUT2D eigenvalue weighted by molar-refractivity contribution is 6.31. The molecule has 0 fully saturated rings. The molecule has 0 unspecified atom stereocenters. The lowest BCUT2D eigenvalue weighted by molar-refractivity contribution is 1.29. The lowest BCUT2D eigenvalue weighted by Crippen LogP contribution is -1.88. The van der Waals surface area contributed by atoms with Crippen LogP contribution in [0, 0.1) is 0 Å². The van der Waals surface area contributed by atoms with E-state index in [4.69, 9.17) is 11.6 Å². The molecule has 100 valence electrons. The van der Waals surface area contributed by atoms with Crippen molar-refractivity contribution in [1.29, 1.82) is 0 Å². The zero-order valence-electron chi connectivity index (χ0n) is 11.0. The van der Waals surface area contributed by atoms with E-state index >= 15 is 0 Å². The highest BCUT2D eigenvalue weighted by Crippen LogP contribution is 2.31. The first kappa shape index (κ1) is 12.2. The third-order valence-corrected chi connectivity index (χ3v) is 3.67. The van der Waals surface area contributed by atoms with Crippen LogP contribution in [-0.4, -0.2) is 15.0 Å². The molecule has 0 amide bonds. The summed E-state index contributed by atoms with van der Waals surface area (Å²) in [5.74, 6) is 0. The van der Waals surface area contributed by atoms with Crippen molar-refractivity contribution >= 4 is 33.5 Å². The van der Waals surface area contributed by atoms with E-state index in [-0.39, 0.29) is 0 Å². The van der Waals surface area contributed by atoms with Gasteiger partial charge >= 0.3 is 0 Å². The maximum absolute atomic E-state index is 6.21. The van der Waals surface area contributed by atoms with Crippen LogP contribution >= 0.6 is 11.6 Å². The molecule has 0 radical (unpaired) electrons. The summed E-state index contributed by atoms with van der Waals surface area (Å²) in [6, 6.07) is 13.9. The molecule has 0 saturated heterocycles. The van der Waals surface area contributed by atoms with E-state index in [0.717, 1.165) is 33.1 Å². The molecule has 0 aliphatic carbocycles. The van der Waals surface area contributed by atoms with E-state index in [9.17, 15) is 0 Å². The van der Waals surface area contributed by atoms with Gasteiger partial charge in [0.15, 0.2) is 0 Å². The van der Waals surface area contributed by atoms with Crippen molar-refractivity contribution in [3.63, 3.8) is 0 Å². The lowest BCUT2D eigenvalue weighted by Gasteiger charge is -2.07. The van der Waals surface area contributed by atoms with E-state index in [2.05, 4.69) is 33.2 Å². The van der Waals surface area contributed by atoms with Gasteiger partial charge in [-0.1, -0.05) is 29.8 Å². The monoisotopic (exact) mass is 291 g/mol. The normalized spacial score (nSPS) is 11.1. The molecule has 4 rings (SSSR count). The van der Waals surface area contributed by atoms with Gasteiger partial charge in [0.25, 0.3) is 0 Å². The van der Waals surface area contributed by atoms with Gasteiger partial charge in [0.1, 0.15) is 0 Å². The van der Waals surface area contributed by atoms with Crippen LogP contribution in [0.1, 0.15) is 0 Å². The Labute approximate surface area is 126 Å². The molecule has 0 atom stereocenters. The summed E-state index contributed by atoms with van der Waals surface area (Å²) in [7, 11) is 0. The molecular weight excluding hydrogens is 282 g/mol. The van der Waals surface area contributed by atoms with Crippen LogP contribution in [0.5, 0.6) is 0 Å². The summed E-state index contributed by atoms with van der Waals surface area (Å²) >= 11 is 6.21. The maximum atomic E-state index is 6.21. The van der Waals surface area contributed by atoms with Crippen LogP contribution in [-0.2, 0) is 0 Å². The molecule has 3 nitrogen and oxygen atoms in total. The van der Waals surface area contributed by atoms with Crippen LogP contribution in [0.2, 0.25) is 5.02 Å². The smallest absolute Gasteiger partial charge is 0.0966 e. The zero-order valence-corrected chi connectivity index (χ0v) is 11.7. The van der Waals surface area contributed by atoms with Gasteiger partial charge < -0.3 is 0 Å². The quantitative estimate of drug-likeness (QED) is 0.518. The molecule has 0 saturated carbocycles. The van der Waals surface area contributed by atoms with Crippen molar-refractivity contribution in [3.8, 4) is 11.1 Å². The van der Waals surface area contributed by atoms with Crippen molar-refractivity contribution in [3.05, 3.63) is 66.1 Å². The maximum Gasteiger partial charge on any atom is 0.0966 e. The number of fused-ring (bicyclic) bond motifs is 2. The van der Waals surface area contributed by atoms with E-state index in [1.807, 2.05) is 24.3 Å². The molecule has 2 aromatic carbocycles. The topological polar surface area (TPSA) is 38.7 Å². The Morgan fingerprint density at radius 2 is 1.62 bits per heavy atom. The van der Waals surface area contributed by atoms with Gasteiger partial charge in [0.2, 0.25) is 0 Å². The van der Waals surface area contributed by atoms with Crippen molar-refractivity contribution in [2.75, 3.05) is 0 Å². The highest BCUT2D eigenvalue weighted by Gasteiger charge is 2.08. The van der Waals surface area contributed by atoms with Gasteiger partial charge in [-0.15, -0.1) is 0 Å². The molecule has 0 bridgehead atoms. The second-order valence-corrected chi connectivity index (χ2v) is 5.22. The van der Waals surface area contributed by atoms with Crippen LogP contribution in [0.3, 0.4) is 0 Å². The highest BCUT2D eigenvalue weighted by atomic mass is 35.5. The van der Waals surface area contributed by atoms with E-state index < -0.39 is 0 Å². The Morgan fingerprint density at radius 3 is 2.57 bits per heavy atom. The van der Waals surface area contributed by atoms with Crippen molar-refractivity contribution in [2.24, 2.45) is 0 Å². The summed E-state index contributed by atoms with van der Waals surface area (Å²) in [6.07, 6.45) is 5.16. The minimum atomic E-state index is 0.652. The van der Waals surface area contributed by atoms with E-state index in [1.165, 1.54) is 0 Å². The predicted octanol–water partition coefficient (Wildman–Crippen LogP) is 4.50. The summed E-state index contributed by atoms with van der Waals surface area (Å²) < 4.78 is 0. The molecule has 0 aliphatic rings. The summed E-state index contributed by atoms with van der Waals surface area (Å²) in [6.45, 7) is 0. The summed E-state index contributed by atoms with van der Waals surface area (Å²) in [5.41, 5.74) is 4.60. The van der Waals surface area contributed by atoms with Crippen LogP contribution in [0.15, 0.2) is 61.1 Å². The van der Waals surface area contributed by atoms with Gasteiger partial charge in [-0.3, -0.25) is 15.0 Å². The Kier molecular flexibility index (Phi) is 2.79. The fourth-order valence-electron chi connectivity index (χ4n) is 2.49. The molecule has 0 N–H and O–H groups in total. The number of nitrogens with zero attached hydrogens (tertiary/aromatic N) is 3. The third kappa shape index (κ3) is 2.12. The number of halogens is 1. The fourth-order valence-corrected chi connectivity index (χ4v) is 2.71. The summed E-state index contributed by atoms with van der Waals surface area (Å²) in [4.78, 5) is 13.2. The lowest BCUT2D eigenvalue weighted by atomic mass is 10.0. The van der Waals surface area contributed by atoms with Crippen LogP contribution in [0.25, 0.3) is 33.1 Å². The molecule has 2 aromatic heterocycles. The van der Waals surface area contributed by atoms with Gasteiger partial charge in [0.05, 0.1) is 16.6 Å².